The molecule has 0 aliphatic carbocycles. The molecule has 0 spiro atoms. The number of benzene rings is 2. The molecule has 112 valence electrons. The molecule has 1 unspecified atom stereocenters. The summed E-state index contributed by atoms with van der Waals surface area (Å²) in [5, 5.41) is 14.0. The predicted octanol–water partition coefficient (Wildman–Crippen LogP) is 3.95. The lowest BCUT2D eigenvalue weighted by atomic mass is 9.93. The average molecular weight is 283 g/mol. The maximum atomic E-state index is 10.6. The quantitative estimate of drug-likeness (QED) is 0.890. The molecule has 2 aromatic rings. The van der Waals surface area contributed by atoms with Crippen LogP contribution in [0, 0.1) is 0 Å². The van der Waals surface area contributed by atoms with Crippen LogP contribution in [0.5, 0.6) is 0 Å². The first kappa shape index (κ1) is 15.7. The minimum atomic E-state index is -0.873. The van der Waals surface area contributed by atoms with E-state index in [1.807, 2.05) is 37.3 Å². The fraction of sp³-hybridized carbons (Fsp3) is 0.368. The van der Waals surface area contributed by atoms with E-state index in [2.05, 4.69) is 50.4 Å². The van der Waals surface area contributed by atoms with Gasteiger partial charge in [0.2, 0.25) is 0 Å². The van der Waals surface area contributed by atoms with Crippen molar-refractivity contribution in [3.63, 3.8) is 0 Å². The molecule has 2 nitrogen and oxygen atoms in total. The maximum Gasteiger partial charge on any atom is 0.0992 e. The molecule has 2 N–H and O–H groups in total. The molecule has 2 heteroatoms. The first-order valence-corrected chi connectivity index (χ1v) is 7.41. The minimum absolute atomic E-state index is 0.00598. The zero-order valence-electron chi connectivity index (χ0n) is 13.4. The molecule has 0 saturated heterocycles. The number of hydrogen-bond acceptors (Lipinski definition) is 2. The molecule has 2 aromatic carbocycles. The van der Waals surface area contributed by atoms with Crippen molar-refractivity contribution in [3.05, 3.63) is 60.2 Å². The van der Waals surface area contributed by atoms with E-state index in [1.54, 1.807) is 0 Å². The van der Waals surface area contributed by atoms with E-state index in [0.29, 0.717) is 6.54 Å². The van der Waals surface area contributed by atoms with Gasteiger partial charge in [0, 0.05) is 12.1 Å². The highest BCUT2D eigenvalue weighted by atomic mass is 16.3. The third-order valence-electron chi connectivity index (χ3n) is 3.58. The van der Waals surface area contributed by atoms with E-state index in [4.69, 9.17) is 0 Å². The molecule has 0 fully saturated rings. The van der Waals surface area contributed by atoms with Crippen LogP contribution in [0.1, 0.15) is 33.3 Å². The van der Waals surface area contributed by atoms with Crippen LogP contribution in [0.2, 0.25) is 0 Å². The van der Waals surface area contributed by atoms with Crippen molar-refractivity contribution in [2.45, 2.75) is 38.8 Å². The van der Waals surface area contributed by atoms with E-state index in [1.165, 1.54) is 11.1 Å². The summed E-state index contributed by atoms with van der Waals surface area (Å²) in [6.07, 6.45) is 0. The first-order valence-electron chi connectivity index (χ1n) is 7.41. The summed E-state index contributed by atoms with van der Waals surface area (Å²) in [7, 11) is 0. The number of rotatable bonds is 4. The van der Waals surface area contributed by atoms with Gasteiger partial charge in [0.15, 0.2) is 0 Å². The van der Waals surface area contributed by atoms with E-state index >= 15 is 0 Å². The summed E-state index contributed by atoms with van der Waals surface area (Å²) in [5.41, 5.74) is 2.41. The molecule has 0 bridgehead atoms. The smallest absolute Gasteiger partial charge is 0.0992 e. The average Bonchev–Trinajstić information content (AvgIpc) is 2.46. The Labute approximate surface area is 127 Å². The van der Waals surface area contributed by atoms with Gasteiger partial charge in [-0.1, -0.05) is 54.6 Å². The van der Waals surface area contributed by atoms with Crippen LogP contribution in [0.15, 0.2) is 54.6 Å². The van der Waals surface area contributed by atoms with Crippen molar-refractivity contribution in [3.8, 4) is 11.1 Å². The monoisotopic (exact) mass is 283 g/mol. The highest BCUT2D eigenvalue weighted by Crippen LogP contribution is 2.25. The van der Waals surface area contributed by atoms with Crippen molar-refractivity contribution in [1.29, 1.82) is 0 Å². The van der Waals surface area contributed by atoms with Gasteiger partial charge in [0.05, 0.1) is 5.60 Å². The van der Waals surface area contributed by atoms with E-state index in [-0.39, 0.29) is 5.54 Å². The fourth-order valence-electron chi connectivity index (χ4n) is 2.19. The Morgan fingerprint density at radius 2 is 1.33 bits per heavy atom. The van der Waals surface area contributed by atoms with Crippen molar-refractivity contribution in [1.82, 2.24) is 5.32 Å². The zero-order valence-corrected chi connectivity index (χ0v) is 13.4. The van der Waals surface area contributed by atoms with Crippen LogP contribution < -0.4 is 5.32 Å². The van der Waals surface area contributed by atoms with Crippen molar-refractivity contribution in [2.24, 2.45) is 0 Å². The van der Waals surface area contributed by atoms with Crippen molar-refractivity contribution >= 4 is 0 Å². The molecule has 1 atom stereocenters. The van der Waals surface area contributed by atoms with Gasteiger partial charge < -0.3 is 10.4 Å². The summed E-state index contributed by atoms with van der Waals surface area (Å²) in [4.78, 5) is 0. The number of hydrogen-bond donors (Lipinski definition) is 2. The fourth-order valence-corrected chi connectivity index (χ4v) is 2.19. The maximum absolute atomic E-state index is 10.6. The molecule has 0 heterocycles. The zero-order chi connectivity index (χ0) is 15.5. The van der Waals surface area contributed by atoms with Crippen molar-refractivity contribution in [2.75, 3.05) is 6.54 Å². The number of nitrogens with one attached hydrogen (secondary N) is 1. The van der Waals surface area contributed by atoms with Crippen LogP contribution in [0.4, 0.5) is 0 Å². The van der Waals surface area contributed by atoms with Crippen LogP contribution in [-0.2, 0) is 5.60 Å². The van der Waals surface area contributed by atoms with Crippen LogP contribution in [-0.4, -0.2) is 17.2 Å². The summed E-state index contributed by atoms with van der Waals surface area (Å²) in [6, 6.07) is 18.4. The third-order valence-corrected chi connectivity index (χ3v) is 3.58. The van der Waals surface area contributed by atoms with E-state index in [9.17, 15) is 5.11 Å². The number of β-amino-alcohol motifs (C(OH)–C–C–N with tert-alkyl or cyclic N) is 1. The summed E-state index contributed by atoms with van der Waals surface area (Å²) in [6.45, 7) is 8.68. The normalized spacial score (nSPS) is 14.7. The largest absolute Gasteiger partial charge is 0.384 e. The Hall–Kier alpha value is -1.64. The summed E-state index contributed by atoms with van der Waals surface area (Å²) < 4.78 is 0. The van der Waals surface area contributed by atoms with E-state index in [0.717, 1.165) is 5.56 Å². The van der Waals surface area contributed by atoms with Crippen LogP contribution in [0.25, 0.3) is 11.1 Å². The molecule has 0 aliphatic rings. The molecule has 21 heavy (non-hydrogen) atoms. The summed E-state index contributed by atoms with van der Waals surface area (Å²) in [5.74, 6) is 0. The molecule has 0 saturated carbocycles. The lowest BCUT2D eigenvalue weighted by Gasteiger charge is -2.30. The topological polar surface area (TPSA) is 32.3 Å². The second kappa shape index (κ2) is 6.00. The summed E-state index contributed by atoms with van der Waals surface area (Å²) >= 11 is 0. The van der Waals surface area contributed by atoms with Gasteiger partial charge in [-0.3, -0.25) is 0 Å². The SMILES string of the molecule is CC(C)(C)NCC(C)(O)c1ccc(-c2ccccc2)cc1. The highest BCUT2D eigenvalue weighted by molar-refractivity contribution is 5.63. The second-order valence-electron chi connectivity index (χ2n) is 6.82. The van der Waals surface area contributed by atoms with Gasteiger partial charge in [0.1, 0.15) is 0 Å². The van der Waals surface area contributed by atoms with Gasteiger partial charge >= 0.3 is 0 Å². The van der Waals surface area contributed by atoms with Crippen LogP contribution in [0.3, 0.4) is 0 Å². The second-order valence-corrected chi connectivity index (χ2v) is 6.82. The standard InChI is InChI=1S/C19H25NO/c1-18(2,3)20-14-19(4,21)17-12-10-16(11-13-17)15-8-6-5-7-9-15/h5-13,20-21H,14H2,1-4H3. The molecular formula is C19H25NO. The van der Waals surface area contributed by atoms with Crippen molar-refractivity contribution < 1.29 is 5.11 Å². The molecule has 0 aliphatic heterocycles. The molecule has 2 rings (SSSR count). The van der Waals surface area contributed by atoms with Gasteiger partial charge in [-0.25, -0.2) is 0 Å². The Kier molecular flexibility index (Phi) is 4.50. The Balaban J connectivity index is 2.14. The number of aliphatic hydroxyl groups is 1. The lowest BCUT2D eigenvalue weighted by Crippen LogP contribution is -2.44. The van der Waals surface area contributed by atoms with Crippen LogP contribution >= 0.6 is 0 Å². The third kappa shape index (κ3) is 4.42. The Morgan fingerprint density at radius 3 is 1.86 bits per heavy atom. The molecule has 0 amide bonds. The molecule has 0 radical (unpaired) electrons. The van der Waals surface area contributed by atoms with E-state index < -0.39 is 5.60 Å². The molecular weight excluding hydrogens is 258 g/mol. The Bertz CT molecular complexity index is 565. The van der Waals surface area contributed by atoms with Gasteiger partial charge in [-0.2, -0.15) is 0 Å². The first-order chi connectivity index (χ1) is 9.78. The minimum Gasteiger partial charge on any atom is -0.384 e. The molecule has 0 aromatic heterocycles. The van der Waals surface area contributed by atoms with Gasteiger partial charge in [-0.15, -0.1) is 0 Å². The Morgan fingerprint density at radius 1 is 0.810 bits per heavy atom. The lowest BCUT2D eigenvalue weighted by molar-refractivity contribution is 0.0502. The van der Waals surface area contributed by atoms with Gasteiger partial charge in [-0.05, 0) is 44.4 Å². The predicted molar refractivity (Wildman–Crippen MR) is 89.2 cm³/mol. The highest BCUT2D eigenvalue weighted by Gasteiger charge is 2.25. The van der Waals surface area contributed by atoms with Gasteiger partial charge in [0.25, 0.3) is 0 Å².